The van der Waals surface area contributed by atoms with Crippen molar-refractivity contribution in [3.8, 4) is 22.6 Å². The maximum absolute atomic E-state index is 11.9. The van der Waals surface area contributed by atoms with Gasteiger partial charge >= 0.3 is 0 Å². The highest BCUT2D eigenvalue weighted by Crippen LogP contribution is 2.40. The molecule has 0 radical (unpaired) electrons. The molecule has 4 rings (SSSR count). The van der Waals surface area contributed by atoms with Crippen LogP contribution >= 0.6 is 15.9 Å². The minimum absolute atomic E-state index is 0.421. The van der Waals surface area contributed by atoms with Crippen LogP contribution in [0.15, 0.2) is 71.2 Å². The van der Waals surface area contributed by atoms with Crippen LogP contribution in [-0.2, 0) is 17.8 Å². The maximum Gasteiger partial charge on any atom is 0.258 e. The van der Waals surface area contributed by atoms with Crippen LogP contribution in [0.5, 0.6) is 11.5 Å². The molecule has 1 aliphatic heterocycles. The van der Waals surface area contributed by atoms with E-state index in [2.05, 4.69) is 28.1 Å². The first-order chi connectivity index (χ1) is 13.1. The molecule has 0 spiro atoms. The van der Waals surface area contributed by atoms with Crippen LogP contribution in [0.25, 0.3) is 11.1 Å². The molecule has 1 aliphatic rings. The lowest BCUT2D eigenvalue weighted by Crippen LogP contribution is -2.35. The van der Waals surface area contributed by atoms with Gasteiger partial charge in [0.25, 0.3) is 5.91 Å². The number of hydrogen-bond acceptors (Lipinski definition) is 3. The number of amides is 1. The van der Waals surface area contributed by atoms with Crippen molar-refractivity contribution in [1.29, 1.82) is 0 Å². The van der Waals surface area contributed by atoms with Gasteiger partial charge in [-0.1, -0.05) is 52.3 Å². The molecule has 0 fully saturated rings. The molecule has 0 saturated heterocycles. The van der Waals surface area contributed by atoms with E-state index in [0.717, 1.165) is 32.5 Å². The molecule has 1 amide bonds. The van der Waals surface area contributed by atoms with Crippen LogP contribution in [0, 0.1) is 0 Å². The number of benzene rings is 3. The number of primary amides is 1. The van der Waals surface area contributed by atoms with Gasteiger partial charge in [0, 0.05) is 22.5 Å². The van der Waals surface area contributed by atoms with E-state index in [9.17, 15) is 4.79 Å². The van der Waals surface area contributed by atoms with Gasteiger partial charge < -0.3 is 15.2 Å². The van der Waals surface area contributed by atoms with Gasteiger partial charge in [-0.15, -0.1) is 0 Å². The summed E-state index contributed by atoms with van der Waals surface area (Å²) < 4.78 is 12.8. The maximum atomic E-state index is 11.9. The van der Waals surface area contributed by atoms with Crippen LogP contribution in [0.4, 0.5) is 0 Å². The molecular weight excluding hydrogens is 406 g/mol. The molecule has 136 valence electrons. The van der Waals surface area contributed by atoms with E-state index in [-0.39, 0.29) is 0 Å². The van der Waals surface area contributed by atoms with E-state index in [4.69, 9.17) is 15.2 Å². The first-order valence-electron chi connectivity index (χ1n) is 8.66. The second-order valence-corrected chi connectivity index (χ2v) is 7.36. The Kier molecular flexibility index (Phi) is 4.86. The fourth-order valence-corrected chi connectivity index (χ4v) is 3.55. The predicted octanol–water partition coefficient (Wildman–Crippen LogP) is 4.48. The third-order valence-corrected chi connectivity index (χ3v) is 5.05. The summed E-state index contributed by atoms with van der Waals surface area (Å²) >= 11 is 3.52. The second kappa shape index (κ2) is 7.45. The number of carbonyl (C=O) groups excluding carboxylic acids is 1. The highest BCUT2D eigenvalue weighted by atomic mass is 79.9. The SMILES string of the molecule is NC(=O)[C@@H](Cc1ccccc1)Oc1ccc2c(c1)OCc1ccc(Br)cc1-2. The summed E-state index contributed by atoms with van der Waals surface area (Å²) in [5, 5.41) is 0. The lowest BCUT2D eigenvalue weighted by molar-refractivity contribution is -0.124. The van der Waals surface area contributed by atoms with Crippen molar-refractivity contribution in [3.05, 3.63) is 82.3 Å². The quantitative estimate of drug-likeness (QED) is 0.657. The molecule has 2 N–H and O–H groups in total. The number of halogens is 1. The topological polar surface area (TPSA) is 61.6 Å². The predicted molar refractivity (Wildman–Crippen MR) is 108 cm³/mol. The summed E-state index contributed by atoms with van der Waals surface area (Å²) in [7, 11) is 0. The molecule has 3 aromatic carbocycles. The molecule has 0 aromatic heterocycles. The highest BCUT2D eigenvalue weighted by molar-refractivity contribution is 9.10. The number of hydrogen-bond donors (Lipinski definition) is 1. The third kappa shape index (κ3) is 3.83. The zero-order valence-electron chi connectivity index (χ0n) is 14.5. The Morgan fingerprint density at radius 1 is 1.07 bits per heavy atom. The van der Waals surface area contributed by atoms with Gasteiger partial charge in [0.05, 0.1) is 0 Å². The van der Waals surface area contributed by atoms with E-state index < -0.39 is 12.0 Å². The Bertz CT molecular complexity index is 988. The summed E-state index contributed by atoms with van der Waals surface area (Å²) in [6, 6.07) is 21.4. The van der Waals surface area contributed by atoms with E-state index in [1.807, 2.05) is 54.6 Å². The number of carbonyl (C=O) groups is 1. The van der Waals surface area contributed by atoms with Crippen LogP contribution < -0.4 is 15.2 Å². The third-order valence-electron chi connectivity index (χ3n) is 4.56. The Hall–Kier alpha value is -2.79. The Labute approximate surface area is 166 Å². The standard InChI is InChI=1S/C22H18BrNO3/c23-16-7-6-15-13-26-20-12-17(8-9-18(20)19(15)11-16)27-21(22(24)25)10-14-4-2-1-3-5-14/h1-9,11-12,21H,10,13H2,(H2,24,25)/t21-/m1/s1. The van der Waals surface area contributed by atoms with Gasteiger partial charge in [0.15, 0.2) is 6.10 Å². The smallest absolute Gasteiger partial charge is 0.258 e. The zero-order chi connectivity index (χ0) is 18.8. The van der Waals surface area contributed by atoms with Gasteiger partial charge in [0.1, 0.15) is 18.1 Å². The summed E-state index contributed by atoms with van der Waals surface area (Å²) in [6.07, 6.45) is -0.320. The lowest BCUT2D eigenvalue weighted by Gasteiger charge is -2.23. The Balaban J connectivity index is 1.59. The fraction of sp³-hybridized carbons (Fsp3) is 0.136. The second-order valence-electron chi connectivity index (χ2n) is 6.45. The van der Waals surface area contributed by atoms with Gasteiger partial charge in [-0.25, -0.2) is 0 Å². The first kappa shape index (κ1) is 17.6. The molecule has 27 heavy (non-hydrogen) atoms. The molecule has 0 saturated carbocycles. The summed E-state index contributed by atoms with van der Waals surface area (Å²) in [5.41, 5.74) is 9.82. The van der Waals surface area contributed by atoms with E-state index in [1.54, 1.807) is 0 Å². The Morgan fingerprint density at radius 2 is 1.89 bits per heavy atom. The highest BCUT2D eigenvalue weighted by Gasteiger charge is 2.21. The molecule has 5 heteroatoms. The van der Waals surface area contributed by atoms with Crippen molar-refractivity contribution in [2.75, 3.05) is 0 Å². The van der Waals surface area contributed by atoms with Gasteiger partial charge in [0.2, 0.25) is 0 Å². The lowest BCUT2D eigenvalue weighted by atomic mass is 9.97. The largest absolute Gasteiger partial charge is 0.488 e. The molecule has 0 aliphatic carbocycles. The van der Waals surface area contributed by atoms with Crippen LogP contribution in [-0.4, -0.2) is 12.0 Å². The molecule has 0 bridgehead atoms. The van der Waals surface area contributed by atoms with E-state index in [1.165, 1.54) is 0 Å². The van der Waals surface area contributed by atoms with E-state index in [0.29, 0.717) is 18.8 Å². The normalized spacial score (nSPS) is 13.1. The number of nitrogens with two attached hydrogens (primary N) is 1. The molecular formula is C22H18BrNO3. The van der Waals surface area contributed by atoms with Gasteiger partial charge in [-0.3, -0.25) is 4.79 Å². The molecule has 1 heterocycles. The van der Waals surface area contributed by atoms with Crippen LogP contribution in [0.2, 0.25) is 0 Å². The van der Waals surface area contributed by atoms with Crippen molar-refractivity contribution in [3.63, 3.8) is 0 Å². The number of fused-ring (bicyclic) bond motifs is 3. The van der Waals surface area contributed by atoms with Crippen molar-refractivity contribution in [2.24, 2.45) is 5.73 Å². The average molecular weight is 424 g/mol. The Morgan fingerprint density at radius 3 is 2.67 bits per heavy atom. The molecule has 4 nitrogen and oxygen atoms in total. The summed E-state index contributed by atoms with van der Waals surface area (Å²) in [4.78, 5) is 11.9. The van der Waals surface area contributed by atoms with Gasteiger partial charge in [-0.05, 0) is 41.0 Å². The minimum Gasteiger partial charge on any atom is -0.488 e. The monoisotopic (exact) mass is 423 g/mol. The minimum atomic E-state index is -0.740. The first-order valence-corrected chi connectivity index (χ1v) is 9.45. The van der Waals surface area contributed by atoms with Crippen LogP contribution in [0.3, 0.4) is 0 Å². The van der Waals surface area contributed by atoms with Crippen molar-refractivity contribution in [2.45, 2.75) is 19.1 Å². The molecule has 0 unspecified atom stereocenters. The van der Waals surface area contributed by atoms with Crippen LogP contribution in [0.1, 0.15) is 11.1 Å². The average Bonchev–Trinajstić information content (AvgIpc) is 2.68. The fourth-order valence-electron chi connectivity index (χ4n) is 3.19. The van der Waals surface area contributed by atoms with Crippen molar-refractivity contribution in [1.82, 2.24) is 0 Å². The van der Waals surface area contributed by atoms with Gasteiger partial charge in [-0.2, -0.15) is 0 Å². The summed E-state index contributed by atoms with van der Waals surface area (Å²) in [6.45, 7) is 0.502. The molecule has 1 atom stereocenters. The van der Waals surface area contributed by atoms with Crippen molar-refractivity contribution >= 4 is 21.8 Å². The zero-order valence-corrected chi connectivity index (χ0v) is 16.1. The number of ether oxygens (including phenoxy) is 2. The van der Waals surface area contributed by atoms with Crippen molar-refractivity contribution < 1.29 is 14.3 Å². The van der Waals surface area contributed by atoms with E-state index >= 15 is 0 Å². The number of rotatable bonds is 5. The summed E-state index contributed by atoms with van der Waals surface area (Å²) in [5.74, 6) is 0.805. The molecule has 3 aromatic rings.